The van der Waals surface area contributed by atoms with Crippen LogP contribution < -0.4 is 9.50 Å². The van der Waals surface area contributed by atoms with Crippen molar-refractivity contribution in [3.05, 3.63) is 88.7 Å². The Bertz CT molecular complexity index is 1040. The zero-order valence-corrected chi connectivity index (χ0v) is 15.4. The minimum absolute atomic E-state index is 0.117. The Labute approximate surface area is 161 Å². The number of nitrogens with one attached hydrogen (secondary N) is 1. The van der Waals surface area contributed by atoms with Crippen LogP contribution in [-0.2, 0) is 10.1 Å². The maximum atomic E-state index is 12.0. The Morgan fingerprint density at radius 1 is 1.04 bits per heavy atom. The molecule has 0 radical (unpaired) electrons. The Hall–Kier alpha value is -3.03. The normalized spacial score (nSPS) is 11.4. The Kier molecular flexibility index (Phi) is 5.63. The van der Waals surface area contributed by atoms with Crippen molar-refractivity contribution in [3.63, 3.8) is 0 Å². The van der Waals surface area contributed by atoms with E-state index in [1.165, 1.54) is 42.7 Å². The minimum atomic E-state index is -3.93. The summed E-state index contributed by atoms with van der Waals surface area (Å²) in [6.45, 7) is 0. The van der Waals surface area contributed by atoms with Gasteiger partial charge in [0.25, 0.3) is 5.91 Å². The van der Waals surface area contributed by atoms with Crippen LogP contribution in [0.15, 0.2) is 76.8 Å². The van der Waals surface area contributed by atoms with Gasteiger partial charge < -0.3 is 13.9 Å². The summed E-state index contributed by atoms with van der Waals surface area (Å²) >= 11 is 5.78. The quantitative estimate of drug-likeness (QED) is 0.609. The summed E-state index contributed by atoms with van der Waals surface area (Å²) in [6.07, 6.45) is 2.80. The second-order valence-electron chi connectivity index (χ2n) is 5.39. The molecule has 6 nitrogen and oxygen atoms in total. The fourth-order valence-corrected chi connectivity index (χ4v) is 2.98. The van der Waals surface area contributed by atoms with Crippen LogP contribution in [0, 0.1) is 0 Å². The van der Waals surface area contributed by atoms with E-state index < -0.39 is 16.0 Å². The zero-order valence-electron chi connectivity index (χ0n) is 13.8. The molecule has 8 heteroatoms. The van der Waals surface area contributed by atoms with Gasteiger partial charge in [-0.1, -0.05) is 23.7 Å². The van der Waals surface area contributed by atoms with Crippen LogP contribution in [0.3, 0.4) is 0 Å². The average Bonchev–Trinajstić information content (AvgIpc) is 3.18. The van der Waals surface area contributed by atoms with Crippen molar-refractivity contribution in [1.29, 1.82) is 0 Å². The topological polar surface area (TPSA) is 85.6 Å². The van der Waals surface area contributed by atoms with Crippen molar-refractivity contribution in [1.82, 2.24) is 0 Å². The number of carbonyl (C=O) groups excluding carboxylic acids is 1. The van der Waals surface area contributed by atoms with Crippen LogP contribution in [0.2, 0.25) is 5.02 Å². The number of rotatable bonds is 6. The third kappa shape index (κ3) is 5.47. The SMILES string of the molecule is O=C(Nc1ccc(OS(=O)(=O)/C=C/c2ccc(Cl)cc2)cc1)c1ccco1. The van der Waals surface area contributed by atoms with E-state index in [2.05, 4.69) is 5.32 Å². The predicted octanol–water partition coefficient (Wildman–Crippen LogP) is 4.56. The summed E-state index contributed by atoms with van der Waals surface area (Å²) in [4.78, 5) is 11.9. The number of hydrogen-bond acceptors (Lipinski definition) is 5. The number of carbonyl (C=O) groups is 1. The van der Waals surface area contributed by atoms with Gasteiger partial charge in [-0.2, -0.15) is 8.42 Å². The summed E-state index contributed by atoms with van der Waals surface area (Å²) < 4.78 is 34.1. The summed E-state index contributed by atoms with van der Waals surface area (Å²) in [6, 6.07) is 15.7. The fourth-order valence-electron chi connectivity index (χ4n) is 2.09. The molecule has 27 heavy (non-hydrogen) atoms. The highest BCUT2D eigenvalue weighted by atomic mass is 35.5. The molecule has 1 amide bonds. The van der Waals surface area contributed by atoms with Crippen LogP contribution in [0.4, 0.5) is 5.69 Å². The van der Waals surface area contributed by atoms with Crippen molar-refractivity contribution in [2.45, 2.75) is 0 Å². The lowest BCUT2D eigenvalue weighted by Gasteiger charge is -2.06. The molecule has 0 saturated heterocycles. The van der Waals surface area contributed by atoms with E-state index in [0.29, 0.717) is 16.3 Å². The Morgan fingerprint density at radius 2 is 1.74 bits per heavy atom. The maximum absolute atomic E-state index is 12.0. The van der Waals surface area contributed by atoms with Gasteiger partial charge >= 0.3 is 10.1 Å². The first-order chi connectivity index (χ1) is 12.9. The van der Waals surface area contributed by atoms with Crippen molar-refractivity contribution in [3.8, 4) is 5.75 Å². The molecule has 0 saturated carbocycles. The van der Waals surface area contributed by atoms with Gasteiger partial charge in [-0.05, 0) is 60.2 Å². The Morgan fingerprint density at radius 3 is 2.37 bits per heavy atom. The number of amides is 1. The first-order valence-corrected chi connectivity index (χ1v) is 9.59. The van der Waals surface area contributed by atoms with Gasteiger partial charge in [0.05, 0.1) is 11.7 Å². The van der Waals surface area contributed by atoms with Gasteiger partial charge in [-0.15, -0.1) is 0 Å². The largest absolute Gasteiger partial charge is 0.459 e. The standard InChI is InChI=1S/C19H14ClNO5S/c20-15-5-3-14(4-6-15)11-13-27(23,24)26-17-9-7-16(8-10-17)21-19(22)18-2-1-12-25-18/h1-13H,(H,21,22)/b13-11+. The van der Waals surface area contributed by atoms with E-state index in [4.69, 9.17) is 20.2 Å². The third-order valence-corrected chi connectivity index (χ3v) is 4.51. The predicted molar refractivity (Wildman–Crippen MR) is 103 cm³/mol. The van der Waals surface area contributed by atoms with Gasteiger partial charge in [0.1, 0.15) is 5.75 Å². The molecule has 0 unspecified atom stereocenters. The summed E-state index contributed by atoms with van der Waals surface area (Å²) in [7, 11) is -3.93. The number of benzene rings is 2. The molecule has 138 valence electrons. The van der Waals surface area contributed by atoms with Gasteiger partial charge in [0, 0.05) is 10.7 Å². The lowest BCUT2D eigenvalue weighted by Crippen LogP contribution is -2.10. The molecule has 3 rings (SSSR count). The molecule has 0 fully saturated rings. The van der Waals surface area contributed by atoms with Crippen molar-refractivity contribution in [2.24, 2.45) is 0 Å². The van der Waals surface area contributed by atoms with Crippen molar-refractivity contribution in [2.75, 3.05) is 5.32 Å². The van der Waals surface area contributed by atoms with Crippen LogP contribution in [0.5, 0.6) is 5.75 Å². The average molecular weight is 404 g/mol. The first-order valence-electron chi connectivity index (χ1n) is 7.74. The summed E-state index contributed by atoms with van der Waals surface area (Å²) in [5.41, 5.74) is 1.14. The number of anilines is 1. The number of furan rings is 1. The lowest BCUT2D eigenvalue weighted by molar-refractivity contribution is 0.0996. The maximum Gasteiger partial charge on any atom is 0.332 e. The summed E-state index contributed by atoms with van der Waals surface area (Å²) in [5, 5.41) is 4.14. The van der Waals surface area contributed by atoms with Crippen LogP contribution in [-0.4, -0.2) is 14.3 Å². The zero-order chi connectivity index (χ0) is 19.3. The molecule has 0 aliphatic heterocycles. The van der Waals surface area contributed by atoms with E-state index in [-0.39, 0.29) is 11.5 Å². The van der Waals surface area contributed by atoms with Gasteiger partial charge in [0.15, 0.2) is 5.76 Å². The third-order valence-electron chi connectivity index (χ3n) is 3.37. The first kappa shape index (κ1) is 18.8. The molecule has 0 atom stereocenters. The minimum Gasteiger partial charge on any atom is -0.459 e. The molecule has 0 aliphatic carbocycles. The molecule has 0 aliphatic rings. The van der Waals surface area contributed by atoms with Crippen molar-refractivity contribution < 1.29 is 21.8 Å². The van der Waals surface area contributed by atoms with Gasteiger partial charge in [0.2, 0.25) is 0 Å². The second-order valence-corrected chi connectivity index (χ2v) is 7.25. The highest BCUT2D eigenvalue weighted by Gasteiger charge is 2.11. The molecule has 1 aromatic heterocycles. The Balaban J connectivity index is 1.63. The van der Waals surface area contributed by atoms with Crippen molar-refractivity contribution >= 4 is 39.4 Å². The monoisotopic (exact) mass is 403 g/mol. The van der Waals surface area contributed by atoms with E-state index in [1.807, 2.05) is 0 Å². The molecule has 0 spiro atoms. The lowest BCUT2D eigenvalue weighted by atomic mass is 10.2. The molecular weight excluding hydrogens is 390 g/mol. The molecule has 0 bridgehead atoms. The van der Waals surface area contributed by atoms with E-state index in [9.17, 15) is 13.2 Å². The number of halogens is 1. The highest BCUT2D eigenvalue weighted by Crippen LogP contribution is 2.19. The summed E-state index contributed by atoms with van der Waals surface area (Å²) in [5.74, 6) is -0.121. The second kappa shape index (κ2) is 8.11. The van der Waals surface area contributed by atoms with Crippen LogP contribution in [0.1, 0.15) is 16.1 Å². The van der Waals surface area contributed by atoms with Gasteiger partial charge in [-0.3, -0.25) is 4.79 Å². The molecule has 2 aromatic carbocycles. The van der Waals surface area contributed by atoms with E-state index >= 15 is 0 Å². The fraction of sp³-hybridized carbons (Fsp3) is 0. The van der Waals surface area contributed by atoms with Gasteiger partial charge in [-0.25, -0.2) is 0 Å². The van der Waals surface area contributed by atoms with Crippen LogP contribution in [0.25, 0.3) is 6.08 Å². The molecule has 1 heterocycles. The van der Waals surface area contributed by atoms with Crippen LogP contribution >= 0.6 is 11.6 Å². The molecule has 1 N–H and O–H groups in total. The van der Waals surface area contributed by atoms with E-state index in [0.717, 1.165) is 5.41 Å². The smallest absolute Gasteiger partial charge is 0.332 e. The highest BCUT2D eigenvalue weighted by molar-refractivity contribution is 7.90. The number of hydrogen-bond donors (Lipinski definition) is 1. The molecular formula is C19H14ClNO5S. The van der Waals surface area contributed by atoms with E-state index in [1.54, 1.807) is 30.3 Å². The molecule has 3 aromatic rings.